The first-order chi connectivity index (χ1) is 12.1. The Balaban J connectivity index is 1.38. The smallest absolute Gasteiger partial charge is 0.241 e. The van der Waals surface area contributed by atoms with Crippen LogP contribution in [0.15, 0.2) is 28.7 Å². The van der Waals surface area contributed by atoms with Crippen molar-refractivity contribution in [1.29, 1.82) is 0 Å². The SMILES string of the molecule is O=C(CNc1ccc(Br)cc1)N1CCN(CC(=O)N2CCCC2)CC1. The third-order valence-corrected chi connectivity index (χ3v) is 5.36. The molecule has 1 N–H and O–H groups in total. The first-order valence-corrected chi connectivity index (χ1v) is 9.68. The van der Waals surface area contributed by atoms with Crippen molar-refractivity contribution in [1.82, 2.24) is 14.7 Å². The standard InChI is InChI=1S/C18H25BrN4O2/c19-15-3-5-16(6-4-15)20-13-17(24)23-11-9-21(10-12-23)14-18(25)22-7-1-2-8-22/h3-6,20H,1-2,7-14H2. The van der Waals surface area contributed by atoms with E-state index in [-0.39, 0.29) is 11.8 Å². The van der Waals surface area contributed by atoms with Crippen LogP contribution in [0.1, 0.15) is 12.8 Å². The number of anilines is 1. The highest BCUT2D eigenvalue weighted by Gasteiger charge is 2.25. The first-order valence-electron chi connectivity index (χ1n) is 8.89. The third kappa shape index (κ3) is 5.19. The molecular formula is C18H25BrN4O2. The summed E-state index contributed by atoms with van der Waals surface area (Å²) in [7, 11) is 0. The van der Waals surface area contributed by atoms with Gasteiger partial charge in [-0.05, 0) is 37.1 Å². The van der Waals surface area contributed by atoms with Crippen LogP contribution in [0.2, 0.25) is 0 Å². The lowest BCUT2D eigenvalue weighted by Gasteiger charge is -2.35. The van der Waals surface area contributed by atoms with E-state index in [1.165, 1.54) is 0 Å². The number of benzene rings is 1. The van der Waals surface area contributed by atoms with E-state index in [9.17, 15) is 9.59 Å². The molecule has 0 saturated carbocycles. The Hall–Kier alpha value is -1.60. The molecule has 136 valence electrons. The monoisotopic (exact) mass is 408 g/mol. The molecule has 2 saturated heterocycles. The molecule has 0 aromatic heterocycles. The van der Waals surface area contributed by atoms with Gasteiger partial charge < -0.3 is 15.1 Å². The Morgan fingerprint density at radius 1 is 0.880 bits per heavy atom. The molecule has 25 heavy (non-hydrogen) atoms. The molecule has 2 fully saturated rings. The Bertz CT molecular complexity index is 594. The summed E-state index contributed by atoms with van der Waals surface area (Å²) in [5.41, 5.74) is 0.936. The highest BCUT2D eigenvalue weighted by atomic mass is 79.9. The highest BCUT2D eigenvalue weighted by molar-refractivity contribution is 9.10. The zero-order valence-corrected chi connectivity index (χ0v) is 16.0. The first kappa shape index (κ1) is 18.2. The molecule has 0 radical (unpaired) electrons. The van der Waals surface area contributed by atoms with Crippen LogP contribution in [0.3, 0.4) is 0 Å². The van der Waals surface area contributed by atoms with Crippen LogP contribution in [0.5, 0.6) is 0 Å². The van der Waals surface area contributed by atoms with E-state index < -0.39 is 0 Å². The number of nitrogens with one attached hydrogen (secondary N) is 1. The molecule has 2 aliphatic rings. The van der Waals surface area contributed by atoms with Crippen molar-refractivity contribution in [2.75, 3.05) is 57.7 Å². The van der Waals surface area contributed by atoms with Gasteiger partial charge in [0, 0.05) is 49.4 Å². The van der Waals surface area contributed by atoms with E-state index >= 15 is 0 Å². The topological polar surface area (TPSA) is 55.9 Å². The zero-order chi connectivity index (χ0) is 17.6. The minimum Gasteiger partial charge on any atom is -0.376 e. The maximum absolute atomic E-state index is 12.3. The fourth-order valence-electron chi connectivity index (χ4n) is 3.27. The number of carbonyl (C=O) groups is 2. The second kappa shape index (κ2) is 8.67. The number of nitrogens with zero attached hydrogens (tertiary/aromatic N) is 3. The van der Waals surface area contributed by atoms with Crippen molar-refractivity contribution in [2.45, 2.75) is 12.8 Å². The van der Waals surface area contributed by atoms with Gasteiger partial charge >= 0.3 is 0 Å². The van der Waals surface area contributed by atoms with E-state index in [0.717, 1.165) is 49.2 Å². The van der Waals surface area contributed by atoms with E-state index in [2.05, 4.69) is 26.1 Å². The van der Waals surface area contributed by atoms with Crippen LogP contribution in [0, 0.1) is 0 Å². The second-order valence-electron chi connectivity index (χ2n) is 6.61. The van der Waals surface area contributed by atoms with Crippen molar-refractivity contribution in [2.24, 2.45) is 0 Å². The molecule has 0 aliphatic carbocycles. The summed E-state index contributed by atoms with van der Waals surface area (Å²) in [6.07, 6.45) is 2.25. The summed E-state index contributed by atoms with van der Waals surface area (Å²) in [5.74, 6) is 0.336. The molecule has 1 aromatic rings. The van der Waals surface area contributed by atoms with Gasteiger partial charge in [-0.15, -0.1) is 0 Å². The summed E-state index contributed by atoms with van der Waals surface area (Å²) >= 11 is 3.40. The van der Waals surface area contributed by atoms with Crippen LogP contribution >= 0.6 is 15.9 Å². The Morgan fingerprint density at radius 2 is 1.48 bits per heavy atom. The average Bonchev–Trinajstić information content (AvgIpc) is 3.16. The molecule has 2 heterocycles. The molecule has 2 aliphatic heterocycles. The molecule has 2 amide bonds. The minimum absolute atomic E-state index is 0.105. The lowest BCUT2D eigenvalue weighted by molar-refractivity contribution is -0.133. The Morgan fingerprint density at radius 3 is 2.12 bits per heavy atom. The van der Waals surface area contributed by atoms with E-state index in [1.807, 2.05) is 34.1 Å². The quantitative estimate of drug-likeness (QED) is 0.804. The number of carbonyl (C=O) groups excluding carboxylic acids is 2. The number of likely N-dealkylation sites (tertiary alicyclic amines) is 1. The maximum Gasteiger partial charge on any atom is 0.241 e. The number of amides is 2. The van der Waals surface area contributed by atoms with Gasteiger partial charge in [0.2, 0.25) is 11.8 Å². The van der Waals surface area contributed by atoms with E-state index in [0.29, 0.717) is 26.2 Å². The number of piperazine rings is 1. The van der Waals surface area contributed by atoms with Crippen molar-refractivity contribution < 1.29 is 9.59 Å². The van der Waals surface area contributed by atoms with E-state index in [4.69, 9.17) is 0 Å². The van der Waals surface area contributed by atoms with Gasteiger partial charge in [0.1, 0.15) is 0 Å². The number of halogens is 1. The molecule has 0 unspecified atom stereocenters. The molecule has 0 bridgehead atoms. The van der Waals surface area contributed by atoms with Gasteiger partial charge in [-0.2, -0.15) is 0 Å². The molecule has 7 heteroatoms. The third-order valence-electron chi connectivity index (χ3n) is 4.83. The average molecular weight is 409 g/mol. The predicted molar refractivity (Wildman–Crippen MR) is 101 cm³/mol. The second-order valence-corrected chi connectivity index (χ2v) is 7.52. The zero-order valence-electron chi connectivity index (χ0n) is 14.4. The van der Waals surface area contributed by atoms with Crippen LogP contribution in [-0.2, 0) is 9.59 Å². The van der Waals surface area contributed by atoms with Crippen LogP contribution < -0.4 is 5.32 Å². The molecule has 0 atom stereocenters. The summed E-state index contributed by atoms with van der Waals surface area (Å²) < 4.78 is 1.02. The van der Waals surface area contributed by atoms with Gasteiger partial charge in [0.25, 0.3) is 0 Å². The normalized spacial score (nSPS) is 18.4. The Labute approximate surface area is 157 Å². The van der Waals surface area contributed by atoms with E-state index in [1.54, 1.807) is 0 Å². The molecule has 1 aromatic carbocycles. The lowest BCUT2D eigenvalue weighted by Crippen LogP contribution is -2.52. The molecular weight excluding hydrogens is 384 g/mol. The summed E-state index contributed by atoms with van der Waals surface area (Å²) in [4.78, 5) is 30.5. The molecule has 3 rings (SSSR count). The van der Waals surface area contributed by atoms with Gasteiger partial charge in [0.15, 0.2) is 0 Å². The largest absolute Gasteiger partial charge is 0.376 e. The van der Waals surface area contributed by atoms with Crippen LogP contribution in [0.25, 0.3) is 0 Å². The van der Waals surface area contributed by atoms with Crippen molar-refractivity contribution in [3.63, 3.8) is 0 Å². The predicted octanol–water partition coefficient (Wildman–Crippen LogP) is 1.63. The van der Waals surface area contributed by atoms with Gasteiger partial charge in [-0.1, -0.05) is 15.9 Å². The van der Waals surface area contributed by atoms with Gasteiger partial charge in [-0.25, -0.2) is 0 Å². The minimum atomic E-state index is 0.105. The lowest BCUT2D eigenvalue weighted by atomic mass is 10.3. The van der Waals surface area contributed by atoms with Crippen molar-refractivity contribution in [3.8, 4) is 0 Å². The number of rotatable bonds is 5. The highest BCUT2D eigenvalue weighted by Crippen LogP contribution is 2.14. The van der Waals surface area contributed by atoms with Crippen LogP contribution in [0.4, 0.5) is 5.69 Å². The van der Waals surface area contributed by atoms with Crippen molar-refractivity contribution >= 4 is 33.4 Å². The number of hydrogen-bond donors (Lipinski definition) is 1. The summed E-state index contributed by atoms with van der Waals surface area (Å²) in [6.45, 7) is 5.50. The fraction of sp³-hybridized carbons (Fsp3) is 0.556. The van der Waals surface area contributed by atoms with Gasteiger partial charge in [-0.3, -0.25) is 14.5 Å². The molecule has 0 spiro atoms. The molecule has 6 nitrogen and oxygen atoms in total. The fourth-order valence-corrected chi connectivity index (χ4v) is 3.53. The number of hydrogen-bond acceptors (Lipinski definition) is 4. The summed E-state index contributed by atoms with van der Waals surface area (Å²) in [6, 6.07) is 7.78. The van der Waals surface area contributed by atoms with Gasteiger partial charge in [0.05, 0.1) is 13.1 Å². The van der Waals surface area contributed by atoms with Crippen molar-refractivity contribution in [3.05, 3.63) is 28.7 Å². The summed E-state index contributed by atoms with van der Waals surface area (Å²) in [5, 5.41) is 3.16. The Kier molecular flexibility index (Phi) is 6.31. The maximum atomic E-state index is 12.3. The van der Waals surface area contributed by atoms with Crippen LogP contribution in [-0.4, -0.2) is 78.9 Å².